The summed E-state index contributed by atoms with van der Waals surface area (Å²) in [5.74, 6) is 1.19. The van der Waals surface area contributed by atoms with Gasteiger partial charge >= 0.3 is 0 Å². The lowest BCUT2D eigenvalue weighted by Gasteiger charge is -2.09. The fraction of sp³-hybridized carbons (Fsp3) is 0.258. The molecule has 1 N–H and O–H groups in total. The van der Waals surface area contributed by atoms with Crippen molar-refractivity contribution in [3.8, 4) is 17.2 Å². The van der Waals surface area contributed by atoms with E-state index >= 15 is 0 Å². The summed E-state index contributed by atoms with van der Waals surface area (Å²) in [4.78, 5) is 16.9. The molecule has 0 radical (unpaired) electrons. The number of nitrogens with zero attached hydrogens (tertiary/aromatic N) is 3. The number of nitrogens with one attached hydrogen (secondary N) is 1. The summed E-state index contributed by atoms with van der Waals surface area (Å²) in [6.45, 7) is 13.6. The minimum atomic E-state index is -4.00. The third kappa shape index (κ3) is 8.28. The Bertz CT molecular complexity index is 1600. The molecule has 0 atom stereocenters. The average Bonchev–Trinajstić information content (AvgIpc) is 3.55. The number of aryl methyl sites for hydroxylation is 2. The van der Waals surface area contributed by atoms with Crippen LogP contribution in [0.25, 0.3) is 11.5 Å². The van der Waals surface area contributed by atoms with Crippen molar-refractivity contribution in [2.24, 2.45) is 0 Å². The highest BCUT2D eigenvalue weighted by atomic mass is 32.2. The number of carbonyl (C=O) groups is 1. The molecule has 0 aliphatic carbocycles. The number of aromatic nitrogens is 3. The lowest BCUT2D eigenvalue weighted by molar-refractivity contribution is 0.103. The zero-order chi connectivity index (χ0) is 30.0. The van der Waals surface area contributed by atoms with Gasteiger partial charge in [0, 0.05) is 18.3 Å². The summed E-state index contributed by atoms with van der Waals surface area (Å²) in [5, 5.41) is 4.18. The average molecular weight is 577 g/mol. The predicted octanol–water partition coefficient (Wildman–Crippen LogP) is 6.98. The Balaban J connectivity index is 0.000000850. The van der Waals surface area contributed by atoms with Gasteiger partial charge in [-0.15, -0.1) is 0 Å². The molecule has 216 valence electrons. The van der Waals surface area contributed by atoms with Crippen molar-refractivity contribution in [2.75, 3.05) is 4.72 Å². The minimum absolute atomic E-state index is 0.00129. The van der Waals surface area contributed by atoms with Crippen LogP contribution >= 0.6 is 0 Å². The zero-order valence-electron chi connectivity index (χ0n) is 24.0. The Labute approximate surface area is 241 Å². The molecular weight excluding hydrogens is 540 g/mol. The summed E-state index contributed by atoms with van der Waals surface area (Å²) < 4.78 is 41.4. The normalized spacial score (nSPS) is 11.1. The summed E-state index contributed by atoms with van der Waals surface area (Å²) in [6, 6.07) is 15.5. The number of hydrogen-bond donors (Lipinski definition) is 1. The number of carbonyl (C=O) groups excluding carboxylic acids is 1. The largest absolute Gasteiger partial charge is 0.487 e. The molecule has 0 fully saturated rings. The van der Waals surface area contributed by atoms with E-state index in [9.17, 15) is 13.2 Å². The molecule has 0 saturated heterocycles. The molecule has 2 aromatic carbocycles. The van der Waals surface area contributed by atoms with Crippen LogP contribution in [0.5, 0.6) is 5.75 Å². The Morgan fingerprint density at radius 2 is 1.80 bits per heavy atom. The second kappa shape index (κ2) is 14.3. The minimum Gasteiger partial charge on any atom is -0.487 e. The highest BCUT2D eigenvalue weighted by Gasteiger charge is 2.23. The van der Waals surface area contributed by atoms with Crippen LogP contribution in [-0.4, -0.2) is 29.0 Å². The van der Waals surface area contributed by atoms with Crippen LogP contribution in [-0.2, 0) is 23.2 Å². The predicted molar refractivity (Wildman–Crippen MR) is 160 cm³/mol. The van der Waals surface area contributed by atoms with Crippen molar-refractivity contribution in [1.29, 1.82) is 0 Å². The van der Waals surface area contributed by atoms with E-state index in [4.69, 9.17) is 9.15 Å². The van der Waals surface area contributed by atoms with E-state index in [0.717, 1.165) is 12.0 Å². The van der Waals surface area contributed by atoms with Gasteiger partial charge in [0.2, 0.25) is 5.89 Å². The Morgan fingerprint density at radius 1 is 1.12 bits per heavy atom. The molecule has 4 aromatic rings. The first-order valence-corrected chi connectivity index (χ1v) is 14.7. The lowest BCUT2D eigenvalue weighted by Crippen LogP contribution is -2.15. The van der Waals surface area contributed by atoms with E-state index in [0.29, 0.717) is 29.6 Å². The number of hydrogen-bond acceptors (Lipinski definition) is 7. The lowest BCUT2D eigenvalue weighted by atomic mass is 10.1. The molecule has 0 aliphatic heterocycles. The Morgan fingerprint density at radius 3 is 2.37 bits per heavy atom. The summed E-state index contributed by atoms with van der Waals surface area (Å²) in [5.41, 5.74) is 1.94. The van der Waals surface area contributed by atoms with Gasteiger partial charge in [0.25, 0.3) is 10.0 Å². The van der Waals surface area contributed by atoms with Gasteiger partial charge in [0.15, 0.2) is 11.6 Å². The van der Waals surface area contributed by atoms with Crippen LogP contribution in [0.4, 0.5) is 5.82 Å². The molecule has 0 saturated carbocycles. The second-order valence-corrected chi connectivity index (χ2v) is 10.8. The van der Waals surface area contributed by atoms with Gasteiger partial charge in [-0.1, -0.05) is 43.9 Å². The van der Waals surface area contributed by atoms with Crippen molar-refractivity contribution < 1.29 is 22.4 Å². The first-order chi connectivity index (χ1) is 19.6. The molecule has 41 heavy (non-hydrogen) atoms. The Hall–Kier alpha value is -4.44. The molecule has 0 amide bonds. The SMILES string of the molecule is C/C=C\CC.C=C(C)C(=O)c1cn(CC)nc1NS(=O)(=O)c1ccc(OCc2nc(-c3ccccc3)oc2C)cc1. The fourth-order valence-corrected chi connectivity index (χ4v) is 4.63. The number of anilines is 1. The highest BCUT2D eigenvalue weighted by molar-refractivity contribution is 7.92. The van der Waals surface area contributed by atoms with Crippen LogP contribution < -0.4 is 9.46 Å². The maximum atomic E-state index is 13.0. The monoisotopic (exact) mass is 576 g/mol. The number of Topliss-reactive ketones (excluding diaryl/α,β-unsaturated/α-hetero) is 1. The van der Waals surface area contributed by atoms with Gasteiger partial charge < -0.3 is 9.15 Å². The van der Waals surface area contributed by atoms with Crippen molar-refractivity contribution in [3.05, 3.63) is 102 Å². The topological polar surface area (TPSA) is 116 Å². The molecule has 4 rings (SSSR count). The van der Waals surface area contributed by atoms with E-state index < -0.39 is 10.0 Å². The van der Waals surface area contributed by atoms with Crippen LogP contribution in [0.1, 0.15) is 55.9 Å². The van der Waals surface area contributed by atoms with Gasteiger partial charge in [-0.3, -0.25) is 14.2 Å². The van der Waals surface area contributed by atoms with Crippen molar-refractivity contribution in [1.82, 2.24) is 14.8 Å². The second-order valence-electron chi connectivity index (χ2n) is 9.09. The standard InChI is InChI=1S/C26H26N4O5S.C5H10/c1-5-30-15-22(24(31)17(2)3)25(28-30)29-36(32,33)21-13-11-20(12-14-21)34-16-23-18(4)35-26(27-23)19-9-7-6-8-10-19;1-3-5-4-2/h6-15H,2,5,16H2,1,3-4H3,(H,28,29);3,5H,4H2,1-2H3/b;5-3-. The third-order valence-electron chi connectivity index (χ3n) is 5.84. The molecule has 0 aliphatic rings. The van der Waals surface area contributed by atoms with Crippen molar-refractivity contribution >= 4 is 21.6 Å². The van der Waals surface area contributed by atoms with Crippen LogP contribution in [0.15, 0.2) is 94.4 Å². The van der Waals surface area contributed by atoms with E-state index in [1.54, 1.807) is 19.1 Å². The van der Waals surface area contributed by atoms with Gasteiger partial charge in [-0.2, -0.15) is 5.10 Å². The van der Waals surface area contributed by atoms with Crippen molar-refractivity contribution in [2.45, 2.75) is 59.1 Å². The van der Waals surface area contributed by atoms with E-state index in [1.165, 1.54) is 23.0 Å². The molecule has 0 unspecified atom stereocenters. The first-order valence-electron chi connectivity index (χ1n) is 13.3. The number of oxazole rings is 1. The van der Waals surface area contributed by atoms with Crippen molar-refractivity contribution in [3.63, 3.8) is 0 Å². The molecule has 9 nitrogen and oxygen atoms in total. The number of allylic oxidation sites excluding steroid dienone is 3. The molecule has 10 heteroatoms. The van der Waals surface area contributed by atoms with Crippen LogP contribution in [0.3, 0.4) is 0 Å². The number of ether oxygens (including phenoxy) is 1. The van der Waals surface area contributed by atoms with Gasteiger partial charge in [-0.25, -0.2) is 13.4 Å². The van der Waals surface area contributed by atoms with Gasteiger partial charge in [0.1, 0.15) is 23.8 Å². The van der Waals surface area contributed by atoms with E-state index in [1.807, 2.05) is 51.1 Å². The molecule has 2 aromatic heterocycles. The molecule has 0 bridgehead atoms. The summed E-state index contributed by atoms with van der Waals surface area (Å²) >= 11 is 0. The van der Waals surface area contributed by atoms with Crippen LogP contribution in [0, 0.1) is 6.92 Å². The maximum Gasteiger partial charge on any atom is 0.263 e. The van der Waals surface area contributed by atoms with Crippen LogP contribution in [0.2, 0.25) is 0 Å². The summed E-state index contributed by atoms with van der Waals surface area (Å²) in [6.07, 6.45) is 6.84. The van der Waals surface area contributed by atoms with E-state index in [-0.39, 0.29) is 34.2 Å². The smallest absolute Gasteiger partial charge is 0.263 e. The number of sulfonamides is 1. The number of ketones is 1. The molecular formula is C31H36N4O5S. The molecule has 0 spiro atoms. The summed E-state index contributed by atoms with van der Waals surface area (Å²) in [7, 11) is -4.00. The Kier molecular flexibility index (Phi) is 10.8. The third-order valence-corrected chi connectivity index (χ3v) is 7.20. The maximum absolute atomic E-state index is 13.0. The quantitative estimate of drug-likeness (QED) is 0.116. The van der Waals surface area contributed by atoms with E-state index in [2.05, 4.69) is 40.5 Å². The fourth-order valence-electron chi connectivity index (χ4n) is 3.61. The highest BCUT2D eigenvalue weighted by Crippen LogP contribution is 2.25. The zero-order valence-corrected chi connectivity index (χ0v) is 24.9. The number of benzene rings is 2. The van der Waals surface area contributed by atoms with Gasteiger partial charge in [-0.05, 0) is 76.1 Å². The van der Waals surface area contributed by atoms with Gasteiger partial charge in [0.05, 0.1) is 10.5 Å². The molecule has 2 heterocycles. The number of rotatable bonds is 11. The first kappa shape index (κ1) is 31.1.